The highest BCUT2D eigenvalue weighted by Gasteiger charge is 2.33. The molecule has 2 aromatic rings. The topological polar surface area (TPSA) is 92.1 Å². The number of aromatic nitrogens is 1. The predicted octanol–water partition coefficient (Wildman–Crippen LogP) is 3.96. The average molecular weight is 408 g/mol. The second kappa shape index (κ2) is 8.43. The van der Waals surface area contributed by atoms with Crippen LogP contribution in [0.5, 0.6) is 0 Å². The molecule has 0 unspecified atom stereocenters. The molecule has 158 valence electrons. The second-order valence-corrected chi connectivity index (χ2v) is 8.78. The fraction of sp³-hybridized carbons (Fsp3) is 0.500. The molecule has 0 bridgehead atoms. The van der Waals surface area contributed by atoms with Gasteiger partial charge in [-0.2, -0.15) is 5.26 Å². The number of ether oxygens (including phenoxy) is 1. The number of hydrogen-bond donors (Lipinski definition) is 1. The van der Waals surface area contributed by atoms with Gasteiger partial charge in [0.05, 0.1) is 17.1 Å². The van der Waals surface area contributed by atoms with Crippen molar-refractivity contribution < 1.29 is 14.3 Å². The molecule has 0 spiro atoms. The van der Waals surface area contributed by atoms with E-state index in [0.717, 1.165) is 41.4 Å². The van der Waals surface area contributed by atoms with Crippen LogP contribution in [0.2, 0.25) is 0 Å². The average Bonchev–Trinajstić information content (AvgIpc) is 2.71. The number of pyridine rings is 1. The van der Waals surface area contributed by atoms with Crippen molar-refractivity contribution in [2.45, 2.75) is 65.5 Å². The zero-order chi connectivity index (χ0) is 22.1. The van der Waals surface area contributed by atoms with Gasteiger partial charge in [0, 0.05) is 11.1 Å². The third-order valence-electron chi connectivity index (χ3n) is 6.13. The molecule has 6 heteroatoms. The van der Waals surface area contributed by atoms with Crippen LogP contribution in [0, 0.1) is 23.2 Å². The van der Waals surface area contributed by atoms with Crippen LogP contribution in [0.3, 0.4) is 0 Å². The van der Waals surface area contributed by atoms with E-state index in [0.29, 0.717) is 11.5 Å². The molecule has 1 aliphatic carbocycles. The molecule has 1 heterocycles. The Hall–Kier alpha value is -2.94. The molecule has 3 rings (SSSR count). The number of carbonyl (C=O) groups is 2. The van der Waals surface area contributed by atoms with Gasteiger partial charge >= 0.3 is 5.97 Å². The third kappa shape index (κ3) is 4.16. The van der Waals surface area contributed by atoms with E-state index in [4.69, 9.17) is 9.72 Å². The maximum atomic E-state index is 13.2. The first-order valence-electron chi connectivity index (χ1n) is 10.5. The summed E-state index contributed by atoms with van der Waals surface area (Å²) in [4.78, 5) is 30.6. The fourth-order valence-electron chi connectivity index (χ4n) is 3.73. The summed E-state index contributed by atoms with van der Waals surface area (Å²) in [6.07, 6.45) is 1.60. The maximum absolute atomic E-state index is 13.2. The van der Waals surface area contributed by atoms with E-state index in [1.807, 2.05) is 38.1 Å². The third-order valence-corrected chi connectivity index (χ3v) is 6.13. The van der Waals surface area contributed by atoms with Crippen LogP contribution in [0.1, 0.15) is 62.7 Å². The van der Waals surface area contributed by atoms with Gasteiger partial charge in [0.25, 0.3) is 5.91 Å². The zero-order valence-corrected chi connectivity index (χ0v) is 18.3. The van der Waals surface area contributed by atoms with Gasteiger partial charge in [-0.15, -0.1) is 0 Å². The lowest BCUT2D eigenvalue weighted by Gasteiger charge is -2.29. The maximum Gasteiger partial charge on any atom is 0.339 e. The van der Waals surface area contributed by atoms with E-state index in [9.17, 15) is 14.9 Å². The van der Waals surface area contributed by atoms with Crippen molar-refractivity contribution in [3.8, 4) is 6.07 Å². The standard InChI is InChI=1S/C24H29N3O3/c1-14(2)24(5,13-25)27-22(28)16(4)30-23(29)21-17-8-6-7-9-19(17)26-20-11-10-15(3)12-18(20)21/h6-9,14-16H,10-12H2,1-5H3,(H,27,28)/t15-,16-,24-/m0/s1. The van der Waals surface area contributed by atoms with E-state index in [-0.39, 0.29) is 5.92 Å². The Kier molecular flexibility index (Phi) is 6.12. The van der Waals surface area contributed by atoms with Gasteiger partial charge in [-0.05, 0) is 56.6 Å². The molecular weight excluding hydrogens is 378 g/mol. The van der Waals surface area contributed by atoms with E-state index >= 15 is 0 Å². The molecule has 1 amide bonds. The second-order valence-electron chi connectivity index (χ2n) is 8.78. The quantitative estimate of drug-likeness (QED) is 0.758. The van der Waals surface area contributed by atoms with Gasteiger partial charge in [0.15, 0.2) is 6.10 Å². The Balaban J connectivity index is 1.91. The summed E-state index contributed by atoms with van der Waals surface area (Å²) >= 11 is 0. The zero-order valence-electron chi connectivity index (χ0n) is 18.3. The smallest absolute Gasteiger partial charge is 0.339 e. The van der Waals surface area contributed by atoms with Crippen LogP contribution in [-0.4, -0.2) is 28.5 Å². The van der Waals surface area contributed by atoms with Gasteiger partial charge in [0.1, 0.15) is 5.54 Å². The predicted molar refractivity (Wildman–Crippen MR) is 115 cm³/mol. The highest BCUT2D eigenvalue weighted by molar-refractivity contribution is 6.05. The summed E-state index contributed by atoms with van der Waals surface area (Å²) < 4.78 is 5.59. The molecule has 0 aliphatic heterocycles. The number of nitriles is 1. The Morgan fingerprint density at radius 2 is 2.00 bits per heavy atom. The summed E-state index contributed by atoms with van der Waals surface area (Å²) in [5.74, 6) is -0.645. The van der Waals surface area contributed by atoms with Crippen molar-refractivity contribution in [3.63, 3.8) is 0 Å². The first-order chi connectivity index (χ1) is 14.2. The summed E-state index contributed by atoms with van der Waals surface area (Å²) in [6, 6.07) is 9.67. The van der Waals surface area contributed by atoms with E-state index in [2.05, 4.69) is 18.3 Å². The SMILES string of the molecule is CC(C)[C@](C)(C#N)NC(=O)[C@H](C)OC(=O)c1c2c(nc3ccccc13)CC[C@H](C)C2. The molecule has 3 atom stereocenters. The monoisotopic (exact) mass is 407 g/mol. The van der Waals surface area contributed by atoms with Gasteiger partial charge in [0.2, 0.25) is 0 Å². The van der Waals surface area contributed by atoms with Gasteiger partial charge in [-0.3, -0.25) is 9.78 Å². The van der Waals surface area contributed by atoms with Crippen molar-refractivity contribution in [1.82, 2.24) is 10.3 Å². The Labute approximate surface area is 177 Å². The molecule has 1 aromatic carbocycles. The summed E-state index contributed by atoms with van der Waals surface area (Å²) in [5, 5.41) is 12.9. The van der Waals surface area contributed by atoms with Crippen LogP contribution in [0.15, 0.2) is 24.3 Å². The number of rotatable bonds is 5. The minimum absolute atomic E-state index is 0.0907. The van der Waals surface area contributed by atoms with E-state index in [1.54, 1.807) is 6.92 Å². The lowest BCUT2D eigenvalue weighted by atomic mass is 9.84. The van der Waals surface area contributed by atoms with E-state index < -0.39 is 23.5 Å². The first-order valence-corrected chi connectivity index (χ1v) is 10.5. The molecule has 1 N–H and O–H groups in total. The van der Waals surface area contributed by atoms with Crippen LogP contribution < -0.4 is 5.32 Å². The van der Waals surface area contributed by atoms with Crippen LogP contribution in [0.25, 0.3) is 10.9 Å². The van der Waals surface area contributed by atoms with Gasteiger partial charge < -0.3 is 10.1 Å². The number of carbonyl (C=O) groups excluding carboxylic acids is 2. The molecule has 30 heavy (non-hydrogen) atoms. The highest BCUT2D eigenvalue weighted by Crippen LogP contribution is 2.32. The Morgan fingerprint density at radius 3 is 2.67 bits per heavy atom. The number of para-hydroxylation sites is 1. The van der Waals surface area contributed by atoms with Crippen LogP contribution in [0.4, 0.5) is 0 Å². The summed E-state index contributed by atoms with van der Waals surface area (Å²) in [5.41, 5.74) is 2.10. The molecule has 1 aromatic heterocycles. The number of esters is 1. The lowest BCUT2D eigenvalue weighted by Crippen LogP contribution is -2.52. The molecule has 0 saturated carbocycles. The number of fused-ring (bicyclic) bond motifs is 2. The number of nitrogens with zero attached hydrogens (tertiary/aromatic N) is 2. The molecule has 1 aliphatic rings. The number of hydrogen-bond acceptors (Lipinski definition) is 5. The summed E-state index contributed by atoms with van der Waals surface area (Å²) in [7, 11) is 0. The largest absolute Gasteiger partial charge is 0.449 e. The minimum Gasteiger partial charge on any atom is -0.449 e. The number of aryl methyl sites for hydroxylation is 1. The number of amides is 1. The highest BCUT2D eigenvalue weighted by atomic mass is 16.5. The van der Waals surface area contributed by atoms with Crippen molar-refractivity contribution in [2.75, 3.05) is 0 Å². The van der Waals surface area contributed by atoms with Crippen molar-refractivity contribution in [1.29, 1.82) is 5.26 Å². The number of benzene rings is 1. The molecule has 0 saturated heterocycles. The minimum atomic E-state index is -1.03. The van der Waals surface area contributed by atoms with Crippen LogP contribution in [-0.2, 0) is 22.4 Å². The van der Waals surface area contributed by atoms with Gasteiger partial charge in [-0.25, -0.2) is 4.79 Å². The van der Waals surface area contributed by atoms with E-state index in [1.165, 1.54) is 6.92 Å². The molecule has 0 radical (unpaired) electrons. The Bertz CT molecular complexity index is 1020. The molecule has 6 nitrogen and oxygen atoms in total. The normalized spacial score (nSPS) is 18.8. The molecule has 0 fully saturated rings. The van der Waals surface area contributed by atoms with Crippen LogP contribution >= 0.6 is 0 Å². The first kappa shape index (κ1) is 21.8. The van der Waals surface area contributed by atoms with Crippen molar-refractivity contribution >= 4 is 22.8 Å². The summed E-state index contributed by atoms with van der Waals surface area (Å²) in [6.45, 7) is 9.08. The lowest BCUT2D eigenvalue weighted by molar-refractivity contribution is -0.130. The molecular formula is C24H29N3O3. The van der Waals surface area contributed by atoms with Crippen molar-refractivity contribution in [3.05, 3.63) is 41.1 Å². The fourth-order valence-corrected chi connectivity index (χ4v) is 3.73. The number of nitrogens with one attached hydrogen (secondary N) is 1. The van der Waals surface area contributed by atoms with Gasteiger partial charge in [-0.1, -0.05) is 39.0 Å². The Morgan fingerprint density at radius 1 is 1.30 bits per heavy atom. The van der Waals surface area contributed by atoms with Crippen molar-refractivity contribution in [2.24, 2.45) is 11.8 Å².